The summed E-state index contributed by atoms with van der Waals surface area (Å²) < 4.78 is 10.0. The third-order valence-corrected chi connectivity index (χ3v) is 3.61. The Morgan fingerprint density at radius 1 is 1.07 bits per heavy atom. The monoisotopic (exact) mass is 372 g/mol. The summed E-state index contributed by atoms with van der Waals surface area (Å²) in [5, 5.41) is 13.1. The number of carbonyl (C=O) groups is 3. The molecule has 0 fully saturated rings. The van der Waals surface area contributed by atoms with Crippen molar-refractivity contribution in [2.24, 2.45) is 0 Å². The van der Waals surface area contributed by atoms with Gasteiger partial charge in [-0.25, -0.2) is 0 Å². The molecule has 2 aromatic rings. The van der Waals surface area contributed by atoms with E-state index in [9.17, 15) is 24.5 Å². The molecule has 2 rings (SSSR count). The summed E-state index contributed by atoms with van der Waals surface area (Å²) in [7, 11) is 2.75. The van der Waals surface area contributed by atoms with Crippen molar-refractivity contribution in [3.05, 3.63) is 58.1 Å². The van der Waals surface area contributed by atoms with Crippen LogP contribution in [0.2, 0.25) is 0 Å². The van der Waals surface area contributed by atoms with Crippen molar-refractivity contribution in [2.45, 2.75) is 6.42 Å². The number of nitro groups is 1. The van der Waals surface area contributed by atoms with Crippen molar-refractivity contribution in [1.29, 1.82) is 0 Å². The lowest BCUT2D eigenvalue weighted by atomic mass is 10.1. The number of rotatable bonds is 8. The summed E-state index contributed by atoms with van der Waals surface area (Å²) in [6.07, 6.45) is -0.657. The van der Waals surface area contributed by atoms with Gasteiger partial charge in [0.05, 0.1) is 31.3 Å². The Balaban J connectivity index is 2.11. The zero-order valence-electron chi connectivity index (χ0n) is 14.6. The molecule has 27 heavy (non-hydrogen) atoms. The molecule has 0 saturated carbocycles. The molecule has 9 heteroatoms. The van der Waals surface area contributed by atoms with E-state index in [0.29, 0.717) is 5.75 Å². The Morgan fingerprint density at radius 2 is 1.81 bits per heavy atom. The first-order valence-electron chi connectivity index (χ1n) is 7.69. The lowest BCUT2D eigenvalue weighted by molar-refractivity contribution is -0.384. The van der Waals surface area contributed by atoms with Crippen LogP contribution >= 0.6 is 0 Å². The molecule has 0 aliphatic heterocycles. The van der Waals surface area contributed by atoms with Crippen LogP contribution in [0.5, 0.6) is 11.5 Å². The standard InChI is InChI=1S/C18H16N2O7/c1-26-13-5-3-4-11(8-13)15(21)10-16(22)18(23)19-14-9-12(20(24)25)6-7-17(14)27-2/h3-9H,10H2,1-2H3,(H,19,23). The van der Waals surface area contributed by atoms with E-state index >= 15 is 0 Å². The number of ketones is 2. The molecule has 0 atom stereocenters. The number of hydrogen-bond donors (Lipinski definition) is 1. The Bertz CT molecular complexity index is 908. The van der Waals surface area contributed by atoms with Crippen molar-refractivity contribution in [1.82, 2.24) is 0 Å². The predicted molar refractivity (Wildman–Crippen MR) is 95.2 cm³/mol. The first kappa shape index (κ1) is 19.6. The van der Waals surface area contributed by atoms with Crippen LogP contribution in [0.15, 0.2) is 42.5 Å². The summed E-state index contributed by atoms with van der Waals surface area (Å²) in [5.41, 5.74) is -0.103. The molecule has 0 aromatic heterocycles. The number of hydrogen-bond acceptors (Lipinski definition) is 7. The SMILES string of the molecule is COc1cccc(C(=O)CC(=O)C(=O)Nc2cc([N+](=O)[O-])ccc2OC)c1. The molecule has 0 bridgehead atoms. The van der Waals surface area contributed by atoms with Crippen molar-refractivity contribution < 1.29 is 28.8 Å². The number of methoxy groups -OCH3 is 2. The maximum Gasteiger partial charge on any atom is 0.292 e. The summed E-state index contributed by atoms with van der Waals surface area (Å²) in [6, 6.07) is 9.73. The van der Waals surface area contributed by atoms with Gasteiger partial charge in [-0.15, -0.1) is 0 Å². The van der Waals surface area contributed by atoms with Gasteiger partial charge in [0.15, 0.2) is 5.78 Å². The minimum Gasteiger partial charge on any atom is -0.497 e. The second kappa shape index (κ2) is 8.56. The fourth-order valence-corrected chi connectivity index (χ4v) is 2.22. The number of non-ortho nitro benzene ring substituents is 1. The molecule has 0 aliphatic carbocycles. The quantitative estimate of drug-likeness (QED) is 0.248. The van der Waals surface area contributed by atoms with Crippen LogP contribution in [0.25, 0.3) is 0 Å². The fourth-order valence-electron chi connectivity index (χ4n) is 2.22. The average molecular weight is 372 g/mol. The summed E-state index contributed by atoms with van der Waals surface area (Å²) in [6.45, 7) is 0. The van der Waals surface area contributed by atoms with Crippen molar-refractivity contribution in [3.63, 3.8) is 0 Å². The average Bonchev–Trinajstić information content (AvgIpc) is 2.67. The molecule has 0 saturated heterocycles. The van der Waals surface area contributed by atoms with Gasteiger partial charge in [0, 0.05) is 17.7 Å². The maximum atomic E-state index is 12.2. The second-order valence-electron chi connectivity index (χ2n) is 5.35. The van der Waals surface area contributed by atoms with E-state index in [4.69, 9.17) is 9.47 Å². The van der Waals surface area contributed by atoms with Crippen molar-refractivity contribution in [2.75, 3.05) is 19.5 Å². The Kier molecular flexibility index (Phi) is 6.21. The largest absolute Gasteiger partial charge is 0.497 e. The van der Waals surface area contributed by atoms with E-state index in [0.717, 1.165) is 6.07 Å². The number of benzene rings is 2. The van der Waals surface area contributed by atoms with E-state index in [1.54, 1.807) is 12.1 Å². The van der Waals surface area contributed by atoms with Crippen molar-refractivity contribution >= 4 is 28.8 Å². The predicted octanol–water partition coefficient (Wildman–Crippen LogP) is 2.39. The Hall–Kier alpha value is -3.75. The number of carbonyl (C=O) groups excluding carboxylic acids is 3. The highest BCUT2D eigenvalue weighted by atomic mass is 16.6. The number of ether oxygens (including phenoxy) is 2. The van der Waals surface area contributed by atoms with Gasteiger partial charge in [-0.3, -0.25) is 24.5 Å². The fraction of sp³-hybridized carbons (Fsp3) is 0.167. The van der Waals surface area contributed by atoms with Gasteiger partial charge in [0.1, 0.15) is 11.5 Å². The zero-order chi connectivity index (χ0) is 20.0. The molecular weight excluding hydrogens is 356 g/mol. The third-order valence-electron chi connectivity index (χ3n) is 3.61. The Morgan fingerprint density at radius 3 is 2.44 bits per heavy atom. The van der Waals surface area contributed by atoms with Gasteiger partial charge in [-0.2, -0.15) is 0 Å². The molecule has 1 N–H and O–H groups in total. The normalized spacial score (nSPS) is 10.0. The van der Waals surface area contributed by atoms with Gasteiger partial charge in [0.25, 0.3) is 11.6 Å². The second-order valence-corrected chi connectivity index (χ2v) is 5.35. The lowest BCUT2D eigenvalue weighted by Gasteiger charge is -2.09. The minimum atomic E-state index is -1.08. The molecule has 140 valence electrons. The number of anilines is 1. The maximum absolute atomic E-state index is 12.2. The van der Waals surface area contributed by atoms with E-state index < -0.39 is 28.8 Å². The van der Waals surface area contributed by atoms with Gasteiger partial charge < -0.3 is 14.8 Å². The number of nitro benzene ring substituents is 1. The highest BCUT2D eigenvalue weighted by molar-refractivity contribution is 6.44. The highest BCUT2D eigenvalue weighted by Gasteiger charge is 2.21. The molecule has 0 heterocycles. The highest BCUT2D eigenvalue weighted by Crippen LogP contribution is 2.28. The van der Waals surface area contributed by atoms with Crippen LogP contribution in [-0.2, 0) is 9.59 Å². The molecular formula is C18H16N2O7. The van der Waals surface area contributed by atoms with Crippen LogP contribution in [0.4, 0.5) is 11.4 Å². The summed E-state index contributed by atoms with van der Waals surface area (Å²) in [4.78, 5) is 46.5. The number of nitrogens with zero attached hydrogens (tertiary/aromatic N) is 1. The smallest absolute Gasteiger partial charge is 0.292 e. The first-order valence-corrected chi connectivity index (χ1v) is 7.69. The molecule has 9 nitrogen and oxygen atoms in total. The molecule has 0 radical (unpaired) electrons. The van der Waals surface area contributed by atoms with E-state index in [-0.39, 0.29) is 22.7 Å². The van der Waals surface area contributed by atoms with Gasteiger partial charge >= 0.3 is 0 Å². The Labute approximate surface area is 154 Å². The molecule has 2 aromatic carbocycles. The molecule has 0 unspecified atom stereocenters. The van der Waals surface area contributed by atoms with Crippen LogP contribution in [-0.4, -0.2) is 36.6 Å². The lowest BCUT2D eigenvalue weighted by Crippen LogP contribution is -2.25. The van der Waals surface area contributed by atoms with E-state index in [1.807, 2.05) is 0 Å². The van der Waals surface area contributed by atoms with Gasteiger partial charge in [-0.1, -0.05) is 12.1 Å². The summed E-state index contributed by atoms with van der Waals surface area (Å²) >= 11 is 0. The summed E-state index contributed by atoms with van der Waals surface area (Å²) in [5.74, 6) is -2.04. The first-order chi connectivity index (χ1) is 12.8. The van der Waals surface area contributed by atoms with Gasteiger partial charge in [-0.05, 0) is 18.2 Å². The number of nitrogens with one attached hydrogen (secondary N) is 1. The van der Waals surface area contributed by atoms with E-state index in [2.05, 4.69) is 5.32 Å². The molecule has 0 spiro atoms. The third kappa shape index (κ3) is 4.88. The minimum absolute atomic E-state index is 0.0427. The van der Waals surface area contributed by atoms with Crippen LogP contribution in [0.1, 0.15) is 16.8 Å². The van der Waals surface area contributed by atoms with Crippen molar-refractivity contribution in [3.8, 4) is 11.5 Å². The number of amides is 1. The number of Topliss-reactive ketones (excluding diaryl/α,β-unsaturated/α-hetero) is 2. The van der Waals surface area contributed by atoms with Crippen LogP contribution in [0, 0.1) is 10.1 Å². The zero-order valence-corrected chi connectivity index (χ0v) is 14.6. The topological polar surface area (TPSA) is 125 Å². The van der Waals surface area contributed by atoms with Crippen LogP contribution < -0.4 is 14.8 Å². The van der Waals surface area contributed by atoms with Gasteiger partial charge in [0.2, 0.25) is 5.78 Å². The molecule has 0 aliphatic rings. The van der Waals surface area contributed by atoms with E-state index in [1.165, 1.54) is 38.5 Å². The van der Waals surface area contributed by atoms with Crippen LogP contribution in [0.3, 0.4) is 0 Å². The molecule has 1 amide bonds.